The molecule has 1 atom stereocenters. The van der Waals surface area contributed by atoms with Gasteiger partial charge in [0.25, 0.3) is 0 Å². The van der Waals surface area contributed by atoms with E-state index in [4.69, 9.17) is 14.2 Å². The van der Waals surface area contributed by atoms with E-state index in [9.17, 15) is 14.4 Å². The van der Waals surface area contributed by atoms with Gasteiger partial charge in [-0.3, -0.25) is 14.4 Å². The Balaban J connectivity index is 4.01. The van der Waals surface area contributed by atoms with Gasteiger partial charge in [0.1, 0.15) is 13.2 Å². The highest BCUT2D eigenvalue weighted by molar-refractivity contribution is 5.71. The molecular formula is C69H130O6. The normalized spacial score (nSPS) is 12.1. The first-order valence-corrected chi connectivity index (χ1v) is 33.8. The van der Waals surface area contributed by atoms with Crippen molar-refractivity contribution in [3.63, 3.8) is 0 Å². The molecule has 0 aliphatic heterocycles. The number of carbonyl (C=O) groups excluding carboxylic acids is 3. The van der Waals surface area contributed by atoms with Crippen LogP contribution in [0.15, 0.2) is 24.3 Å². The van der Waals surface area contributed by atoms with Crippen LogP contribution in [-0.2, 0) is 28.6 Å². The van der Waals surface area contributed by atoms with Crippen molar-refractivity contribution in [1.82, 2.24) is 0 Å². The lowest BCUT2D eigenvalue weighted by atomic mass is 10.0. The Morgan fingerprint density at radius 1 is 0.267 bits per heavy atom. The van der Waals surface area contributed by atoms with Crippen molar-refractivity contribution >= 4 is 17.9 Å². The number of hydrogen-bond donors (Lipinski definition) is 0. The van der Waals surface area contributed by atoms with Crippen LogP contribution in [0.3, 0.4) is 0 Å². The Bertz CT molecular complexity index is 1210. The van der Waals surface area contributed by atoms with E-state index in [-0.39, 0.29) is 31.1 Å². The highest BCUT2D eigenvalue weighted by Crippen LogP contribution is 2.19. The van der Waals surface area contributed by atoms with E-state index in [1.807, 2.05) is 0 Å². The van der Waals surface area contributed by atoms with Crippen molar-refractivity contribution in [3.8, 4) is 0 Å². The smallest absolute Gasteiger partial charge is 0.306 e. The third-order valence-corrected chi connectivity index (χ3v) is 15.5. The number of esters is 3. The predicted molar refractivity (Wildman–Crippen MR) is 326 cm³/mol. The molecule has 0 aliphatic carbocycles. The summed E-state index contributed by atoms with van der Waals surface area (Å²) in [4.78, 5) is 38.1. The molecule has 0 aromatic heterocycles. The summed E-state index contributed by atoms with van der Waals surface area (Å²) in [7, 11) is 0. The van der Waals surface area contributed by atoms with E-state index < -0.39 is 6.10 Å². The van der Waals surface area contributed by atoms with Crippen molar-refractivity contribution in [2.24, 2.45) is 0 Å². The summed E-state index contributed by atoms with van der Waals surface area (Å²) in [5.74, 6) is -0.865. The van der Waals surface area contributed by atoms with Crippen molar-refractivity contribution in [2.75, 3.05) is 13.2 Å². The predicted octanol–water partition coefficient (Wildman–Crippen LogP) is 23.0. The fraction of sp³-hybridized carbons (Fsp3) is 0.899. The summed E-state index contributed by atoms with van der Waals surface area (Å²) in [6.07, 6.45) is 78.0. The SMILES string of the molecule is CCCCCC/C=C\C/C=C\CCCCCCCC(=O)OC(COC(=O)CCCCCCCCCCC)COC(=O)CCCCCCCCCCCCCCCCCCCCCCCCCCCCCCCCCC. The summed E-state index contributed by atoms with van der Waals surface area (Å²) < 4.78 is 16.9. The Morgan fingerprint density at radius 2 is 0.480 bits per heavy atom. The maximum Gasteiger partial charge on any atom is 0.306 e. The van der Waals surface area contributed by atoms with Gasteiger partial charge in [-0.1, -0.05) is 334 Å². The van der Waals surface area contributed by atoms with Crippen molar-refractivity contribution in [1.29, 1.82) is 0 Å². The molecule has 75 heavy (non-hydrogen) atoms. The van der Waals surface area contributed by atoms with Crippen LogP contribution in [0.1, 0.15) is 380 Å². The molecule has 0 heterocycles. The minimum absolute atomic E-state index is 0.0716. The zero-order valence-corrected chi connectivity index (χ0v) is 50.8. The van der Waals surface area contributed by atoms with E-state index in [1.165, 1.54) is 263 Å². The van der Waals surface area contributed by atoms with Crippen LogP contribution in [0.4, 0.5) is 0 Å². The number of unbranched alkanes of at least 4 members (excludes halogenated alkanes) is 48. The number of carbonyl (C=O) groups is 3. The van der Waals surface area contributed by atoms with E-state index in [2.05, 4.69) is 45.1 Å². The van der Waals surface area contributed by atoms with Gasteiger partial charge in [0.15, 0.2) is 6.10 Å². The Morgan fingerprint density at radius 3 is 0.747 bits per heavy atom. The van der Waals surface area contributed by atoms with Crippen LogP contribution in [0, 0.1) is 0 Å². The largest absolute Gasteiger partial charge is 0.462 e. The van der Waals surface area contributed by atoms with Crippen molar-refractivity contribution in [3.05, 3.63) is 24.3 Å². The van der Waals surface area contributed by atoms with Gasteiger partial charge in [-0.15, -0.1) is 0 Å². The molecule has 0 amide bonds. The minimum Gasteiger partial charge on any atom is -0.462 e. The first kappa shape index (κ1) is 72.9. The molecule has 0 bridgehead atoms. The zero-order valence-electron chi connectivity index (χ0n) is 50.8. The second-order valence-electron chi connectivity index (χ2n) is 23.1. The maximum atomic E-state index is 12.8. The lowest BCUT2D eigenvalue weighted by molar-refractivity contribution is -0.167. The summed E-state index contributed by atoms with van der Waals surface area (Å²) >= 11 is 0. The average molecular weight is 1060 g/mol. The number of allylic oxidation sites excluding steroid dienone is 4. The molecule has 0 saturated carbocycles. The van der Waals surface area contributed by atoms with Crippen LogP contribution in [-0.4, -0.2) is 37.2 Å². The van der Waals surface area contributed by atoms with Crippen LogP contribution in [0.5, 0.6) is 0 Å². The third kappa shape index (κ3) is 62.6. The van der Waals surface area contributed by atoms with Gasteiger partial charge >= 0.3 is 17.9 Å². The zero-order chi connectivity index (χ0) is 54.3. The first-order valence-electron chi connectivity index (χ1n) is 33.8. The van der Waals surface area contributed by atoms with Gasteiger partial charge in [0, 0.05) is 19.3 Å². The highest BCUT2D eigenvalue weighted by atomic mass is 16.6. The van der Waals surface area contributed by atoms with Gasteiger partial charge in [0.2, 0.25) is 0 Å². The number of ether oxygens (including phenoxy) is 3. The molecule has 0 spiro atoms. The van der Waals surface area contributed by atoms with E-state index in [1.54, 1.807) is 0 Å². The molecule has 0 fully saturated rings. The molecule has 0 radical (unpaired) electrons. The van der Waals surface area contributed by atoms with Crippen LogP contribution >= 0.6 is 0 Å². The fourth-order valence-corrected chi connectivity index (χ4v) is 10.4. The Labute approximate surface area is 468 Å². The molecular weight excluding hydrogens is 925 g/mol. The number of hydrogen-bond acceptors (Lipinski definition) is 6. The van der Waals surface area contributed by atoms with Crippen molar-refractivity contribution < 1.29 is 28.6 Å². The topological polar surface area (TPSA) is 78.9 Å². The van der Waals surface area contributed by atoms with E-state index >= 15 is 0 Å². The van der Waals surface area contributed by atoms with Gasteiger partial charge < -0.3 is 14.2 Å². The molecule has 0 saturated heterocycles. The van der Waals surface area contributed by atoms with Gasteiger partial charge in [-0.25, -0.2) is 0 Å². The molecule has 0 N–H and O–H groups in total. The van der Waals surface area contributed by atoms with Gasteiger partial charge in [0.05, 0.1) is 0 Å². The second-order valence-corrected chi connectivity index (χ2v) is 23.1. The summed E-state index contributed by atoms with van der Waals surface area (Å²) in [6, 6.07) is 0. The molecule has 6 nitrogen and oxygen atoms in total. The molecule has 1 unspecified atom stereocenters. The molecule has 442 valence electrons. The fourth-order valence-electron chi connectivity index (χ4n) is 10.4. The van der Waals surface area contributed by atoms with Crippen LogP contribution in [0.25, 0.3) is 0 Å². The van der Waals surface area contributed by atoms with Gasteiger partial charge in [-0.2, -0.15) is 0 Å². The Hall–Kier alpha value is -2.11. The average Bonchev–Trinajstić information content (AvgIpc) is 3.41. The quantitative estimate of drug-likeness (QED) is 0.0261. The monoisotopic (exact) mass is 1050 g/mol. The van der Waals surface area contributed by atoms with Gasteiger partial charge in [-0.05, 0) is 51.4 Å². The lowest BCUT2D eigenvalue weighted by Gasteiger charge is -2.18. The molecule has 0 aromatic carbocycles. The van der Waals surface area contributed by atoms with E-state index in [0.717, 1.165) is 77.0 Å². The van der Waals surface area contributed by atoms with Crippen LogP contribution in [0.2, 0.25) is 0 Å². The second kappa shape index (κ2) is 64.4. The Kier molecular flexibility index (Phi) is 62.6. The number of rotatable bonds is 63. The third-order valence-electron chi connectivity index (χ3n) is 15.5. The molecule has 0 rings (SSSR count). The van der Waals surface area contributed by atoms with Crippen LogP contribution < -0.4 is 0 Å². The van der Waals surface area contributed by atoms with E-state index in [0.29, 0.717) is 19.3 Å². The first-order chi connectivity index (χ1) is 37.0. The maximum absolute atomic E-state index is 12.8. The molecule has 0 aliphatic rings. The summed E-state index contributed by atoms with van der Waals surface area (Å²) in [6.45, 7) is 6.65. The minimum atomic E-state index is -0.774. The molecule has 0 aromatic rings. The highest BCUT2D eigenvalue weighted by Gasteiger charge is 2.19. The molecule has 6 heteroatoms. The summed E-state index contributed by atoms with van der Waals surface area (Å²) in [5.41, 5.74) is 0. The standard InChI is InChI=1S/C69H130O6/c1-4-7-10-13-16-19-21-23-25-27-28-29-30-31-32-33-34-35-36-37-38-39-40-41-42-44-45-47-50-53-56-59-62-68(71)74-65-66(64-73-67(70)61-58-55-52-49-18-15-12-9-6-3)75-69(72)63-60-57-54-51-48-46-43-26-24-22-20-17-14-11-8-5-2/h20,22,26,43,66H,4-19,21,23-25,27-42,44-65H2,1-3H3/b22-20-,43-26-. The van der Waals surface area contributed by atoms with Crippen molar-refractivity contribution in [2.45, 2.75) is 386 Å². The lowest BCUT2D eigenvalue weighted by Crippen LogP contribution is -2.30. The summed E-state index contributed by atoms with van der Waals surface area (Å²) in [5, 5.41) is 0.